The summed E-state index contributed by atoms with van der Waals surface area (Å²) in [5.74, 6) is -1.71. The zero-order valence-electron chi connectivity index (χ0n) is 15.6. The fraction of sp³-hybridized carbons (Fsp3) is 0.421. The summed E-state index contributed by atoms with van der Waals surface area (Å²) in [6, 6.07) is 7.62. The summed E-state index contributed by atoms with van der Waals surface area (Å²) in [7, 11) is 0. The predicted molar refractivity (Wildman–Crippen MR) is 101 cm³/mol. The number of carbonyl (C=O) groups is 3. The van der Waals surface area contributed by atoms with Gasteiger partial charge in [0.15, 0.2) is 24.5 Å². The first kappa shape index (κ1) is 20.3. The van der Waals surface area contributed by atoms with Crippen LogP contribution in [0.3, 0.4) is 0 Å². The van der Waals surface area contributed by atoms with E-state index in [9.17, 15) is 14.4 Å². The van der Waals surface area contributed by atoms with Gasteiger partial charge in [-0.15, -0.1) is 0 Å². The van der Waals surface area contributed by atoms with Gasteiger partial charge in [-0.2, -0.15) is 0 Å². The van der Waals surface area contributed by atoms with Gasteiger partial charge in [0.05, 0.1) is 12.1 Å². The fourth-order valence-corrected chi connectivity index (χ4v) is 3.70. The molecular weight excluding hydrogens is 434 g/mol. The smallest absolute Gasteiger partial charge is 0.303 e. The van der Waals surface area contributed by atoms with Crippen LogP contribution in [0.25, 0.3) is 10.9 Å². The number of rotatable bonds is 4. The minimum atomic E-state index is -1.00. The molecular formula is C19H20BrNO7. The Morgan fingerprint density at radius 2 is 1.64 bits per heavy atom. The predicted octanol–water partition coefficient (Wildman–Crippen LogP) is 2.73. The molecule has 1 aromatic heterocycles. The Morgan fingerprint density at radius 1 is 1.00 bits per heavy atom. The van der Waals surface area contributed by atoms with Gasteiger partial charge in [0.2, 0.25) is 0 Å². The molecule has 0 spiro atoms. The summed E-state index contributed by atoms with van der Waals surface area (Å²) >= 11 is 3.43. The first-order valence-corrected chi connectivity index (χ1v) is 9.45. The number of esters is 3. The minimum absolute atomic E-state index is 0.0177. The number of benzene rings is 1. The Hall–Kier alpha value is -2.39. The molecule has 0 radical (unpaired) electrons. The fourth-order valence-electron chi connectivity index (χ4n) is 3.32. The summed E-state index contributed by atoms with van der Waals surface area (Å²) in [6.07, 6.45) is -1.86. The normalized spacial score (nSPS) is 24.6. The number of halogens is 1. The van der Waals surface area contributed by atoms with Gasteiger partial charge in [-0.25, -0.2) is 0 Å². The highest BCUT2D eigenvalue weighted by atomic mass is 79.9. The number of hydrogen-bond acceptors (Lipinski definition) is 7. The van der Waals surface area contributed by atoms with Crippen LogP contribution in [0.2, 0.25) is 0 Å². The molecule has 3 rings (SSSR count). The number of hydrogen-bond donors (Lipinski definition) is 0. The molecule has 2 aromatic rings. The Kier molecular flexibility index (Phi) is 6.04. The monoisotopic (exact) mass is 453 g/mol. The van der Waals surface area contributed by atoms with Gasteiger partial charge in [-0.3, -0.25) is 14.4 Å². The van der Waals surface area contributed by atoms with Crippen LogP contribution in [0.1, 0.15) is 27.0 Å². The SMILES string of the molecule is CC(=O)O[C@@H]1[C@@H](OC(C)=O)[C@H](n2ccc3cc(Br)ccc32)OC[C@@H]1OC(C)=O. The van der Waals surface area contributed by atoms with Crippen LogP contribution in [0.5, 0.6) is 0 Å². The quantitative estimate of drug-likeness (QED) is 0.518. The molecule has 0 N–H and O–H groups in total. The number of aromatic nitrogens is 1. The molecule has 0 amide bonds. The largest absolute Gasteiger partial charge is 0.456 e. The van der Waals surface area contributed by atoms with Gasteiger partial charge >= 0.3 is 17.9 Å². The number of nitrogens with zero attached hydrogens (tertiary/aromatic N) is 1. The van der Waals surface area contributed by atoms with Gasteiger partial charge in [-0.1, -0.05) is 15.9 Å². The summed E-state index contributed by atoms with van der Waals surface area (Å²) in [5, 5.41) is 0.950. The molecule has 4 atom stereocenters. The molecule has 1 aliphatic heterocycles. The van der Waals surface area contributed by atoms with Gasteiger partial charge in [0.1, 0.15) is 0 Å². The van der Waals surface area contributed by atoms with Crippen LogP contribution < -0.4 is 0 Å². The second kappa shape index (κ2) is 8.32. The van der Waals surface area contributed by atoms with Gasteiger partial charge in [-0.05, 0) is 24.3 Å². The van der Waals surface area contributed by atoms with Crippen molar-refractivity contribution in [1.82, 2.24) is 4.57 Å². The second-order valence-electron chi connectivity index (χ2n) is 6.45. The van der Waals surface area contributed by atoms with Crippen molar-refractivity contribution < 1.29 is 33.3 Å². The lowest BCUT2D eigenvalue weighted by Gasteiger charge is -2.41. The zero-order valence-corrected chi connectivity index (χ0v) is 17.2. The van der Waals surface area contributed by atoms with Crippen LogP contribution in [-0.4, -0.2) is 47.4 Å². The summed E-state index contributed by atoms with van der Waals surface area (Å²) in [6.45, 7) is 3.72. The van der Waals surface area contributed by atoms with E-state index in [4.69, 9.17) is 18.9 Å². The molecule has 1 saturated heterocycles. The standard InChI is InChI=1S/C19H20BrNO7/c1-10(22)26-16-9-25-19(18(28-12(3)24)17(16)27-11(2)23)21-7-6-13-8-14(20)4-5-15(13)21/h4-8,16-19H,9H2,1-3H3/t16-,17-,18+,19+/m0/s1. The van der Waals surface area contributed by atoms with Crippen LogP contribution in [0, 0.1) is 0 Å². The van der Waals surface area contributed by atoms with E-state index in [2.05, 4.69) is 15.9 Å². The molecule has 2 heterocycles. The second-order valence-corrected chi connectivity index (χ2v) is 7.36. The van der Waals surface area contributed by atoms with Crippen molar-refractivity contribution in [3.05, 3.63) is 34.9 Å². The molecule has 28 heavy (non-hydrogen) atoms. The molecule has 9 heteroatoms. The van der Waals surface area contributed by atoms with Crippen molar-refractivity contribution in [3.8, 4) is 0 Å². The topological polar surface area (TPSA) is 93.1 Å². The van der Waals surface area contributed by atoms with Crippen molar-refractivity contribution in [2.45, 2.75) is 45.3 Å². The van der Waals surface area contributed by atoms with Crippen molar-refractivity contribution in [2.24, 2.45) is 0 Å². The molecule has 1 aliphatic rings. The first-order chi connectivity index (χ1) is 13.3. The Bertz CT molecular complexity index is 909. The van der Waals surface area contributed by atoms with E-state index in [-0.39, 0.29) is 6.61 Å². The zero-order chi connectivity index (χ0) is 20.4. The van der Waals surface area contributed by atoms with Crippen LogP contribution in [0.15, 0.2) is 34.9 Å². The molecule has 0 aliphatic carbocycles. The van der Waals surface area contributed by atoms with Crippen LogP contribution >= 0.6 is 15.9 Å². The maximum absolute atomic E-state index is 11.8. The van der Waals surface area contributed by atoms with Gasteiger partial charge in [0.25, 0.3) is 0 Å². The number of carbonyl (C=O) groups excluding carboxylic acids is 3. The third-order valence-electron chi connectivity index (χ3n) is 4.28. The van der Waals surface area contributed by atoms with Crippen molar-refractivity contribution in [2.75, 3.05) is 6.61 Å². The number of ether oxygens (including phenoxy) is 4. The summed E-state index contributed by atoms with van der Waals surface area (Å²) in [4.78, 5) is 34.9. The molecule has 0 bridgehead atoms. The maximum atomic E-state index is 11.8. The molecule has 1 aromatic carbocycles. The van der Waals surface area contributed by atoms with E-state index in [1.807, 2.05) is 24.3 Å². The molecule has 1 fully saturated rings. The van der Waals surface area contributed by atoms with E-state index in [1.54, 1.807) is 10.8 Å². The minimum Gasteiger partial charge on any atom is -0.456 e. The maximum Gasteiger partial charge on any atom is 0.303 e. The Morgan fingerprint density at radius 3 is 2.29 bits per heavy atom. The van der Waals surface area contributed by atoms with Crippen LogP contribution in [0.4, 0.5) is 0 Å². The summed E-state index contributed by atoms with van der Waals surface area (Å²) in [5.41, 5.74) is 0.845. The lowest BCUT2D eigenvalue weighted by molar-refractivity contribution is -0.239. The van der Waals surface area contributed by atoms with E-state index in [0.29, 0.717) is 0 Å². The Balaban J connectivity index is 2.02. The summed E-state index contributed by atoms with van der Waals surface area (Å²) < 4.78 is 24.7. The van der Waals surface area contributed by atoms with E-state index in [0.717, 1.165) is 15.4 Å². The van der Waals surface area contributed by atoms with Crippen molar-refractivity contribution >= 4 is 44.7 Å². The van der Waals surface area contributed by atoms with E-state index < -0.39 is 42.4 Å². The lowest BCUT2D eigenvalue weighted by Crippen LogP contribution is -2.55. The van der Waals surface area contributed by atoms with Gasteiger partial charge in [0, 0.05) is 36.8 Å². The molecule has 8 nitrogen and oxygen atoms in total. The highest BCUT2D eigenvalue weighted by Gasteiger charge is 2.47. The molecule has 150 valence electrons. The molecule has 0 saturated carbocycles. The molecule has 0 unspecified atom stereocenters. The first-order valence-electron chi connectivity index (χ1n) is 8.65. The average molecular weight is 454 g/mol. The highest BCUT2D eigenvalue weighted by Crippen LogP contribution is 2.34. The third kappa shape index (κ3) is 4.36. The Labute approximate surface area is 169 Å². The highest BCUT2D eigenvalue weighted by molar-refractivity contribution is 9.10. The van der Waals surface area contributed by atoms with Gasteiger partial charge < -0.3 is 23.5 Å². The van der Waals surface area contributed by atoms with E-state index >= 15 is 0 Å². The van der Waals surface area contributed by atoms with Crippen molar-refractivity contribution in [1.29, 1.82) is 0 Å². The average Bonchev–Trinajstić information content (AvgIpc) is 2.99. The van der Waals surface area contributed by atoms with E-state index in [1.165, 1.54) is 20.8 Å². The lowest BCUT2D eigenvalue weighted by atomic mass is 10.0. The third-order valence-corrected chi connectivity index (χ3v) is 4.77. The van der Waals surface area contributed by atoms with Crippen molar-refractivity contribution in [3.63, 3.8) is 0 Å². The number of fused-ring (bicyclic) bond motifs is 1. The van der Waals surface area contributed by atoms with Crippen LogP contribution in [-0.2, 0) is 33.3 Å².